The molecule has 150 valence electrons. The second kappa shape index (κ2) is 7.90. The molecule has 0 atom stereocenters. The number of rotatable bonds is 5. The molecule has 1 amide bonds. The maximum absolute atomic E-state index is 12.6. The van der Waals surface area contributed by atoms with E-state index in [2.05, 4.69) is 20.2 Å². The molecular formula is C18H23N5O4S. The lowest BCUT2D eigenvalue weighted by Gasteiger charge is -2.27. The van der Waals surface area contributed by atoms with Crippen molar-refractivity contribution in [2.45, 2.75) is 17.7 Å². The van der Waals surface area contributed by atoms with Gasteiger partial charge in [-0.15, -0.1) is 0 Å². The van der Waals surface area contributed by atoms with Crippen LogP contribution in [0.4, 0.5) is 11.5 Å². The van der Waals surface area contributed by atoms with Crippen molar-refractivity contribution in [2.75, 3.05) is 49.6 Å². The molecule has 9 nitrogen and oxygen atoms in total. The van der Waals surface area contributed by atoms with Crippen molar-refractivity contribution in [3.8, 4) is 0 Å². The van der Waals surface area contributed by atoms with Crippen LogP contribution in [0.5, 0.6) is 0 Å². The summed E-state index contributed by atoms with van der Waals surface area (Å²) in [5.74, 6) is 0.420. The zero-order valence-electron chi connectivity index (χ0n) is 15.4. The molecule has 4 rings (SSSR count). The molecule has 0 spiro atoms. The predicted octanol–water partition coefficient (Wildman–Crippen LogP) is 1.28. The molecule has 0 aromatic carbocycles. The van der Waals surface area contributed by atoms with Gasteiger partial charge in [0.15, 0.2) is 0 Å². The van der Waals surface area contributed by atoms with E-state index >= 15 is 0 Å². The van der Waals surface area contributed by atoms with Crippen LogP contribution >= 0.6 is 0 Å². The third kappa shape index (κ3) is 3.89. The number of morpholine rings is 1. The summed E-state index contributed by atoms with van der Waals surface area (Å²) in [6, 6.07) is 5.00. The van der Waals surface area contributed by atoms with Gasteiger partial charge in [-0.3, -0.25) is 4.79 Å². The monoisotopic (exact) mass is 405 g/mol. The predicted molar refractivity (Wildman–Crippen MR) is 104 cm³/mol. The molecule has 0 radical (unpaired) electrons. The number of amides is 1. The Morgan fingerprint density at radius 3 is 2.57 bits per heavy atom. The molecule has 2 N–H and O–H groups in total. The zero-order chi connectivity index (χ0) is 19.6. The van der Waals surface area contributed by atoms with Crippen molar-refractivity contribution in [3.63, 3.8) is 0 Å². The molecule has 2 fully saturated rings. The average molecular weight is 405 g/mol. The van der Waals surface area contributed by atoms with Crippen LogP contribution in [0, 0.1) is 0 Å². The molecule has 2 aromatic heterocycles. The Labute approximate surface area is 163 Å². The minimum absolute atomic E-state index is 0.111. The number of anilines is 2. The summed E-state index contributed by atoms with van der Waals surface area (Å²) in [7, 11) is -3.55. The molecule has 0 saturated carbocycles. The number of aromatic amines is 1. The van der Waals surface area contributed by atoms with E-state index in [-0.39, 0.29) is 10.6 Å². The Bertz CT molecular complexity index is 929. The number of hydrogen-bond donors (Lipinski definition) is 2. The SMILES string of the molecule is O=C(Nc1ccc(N2CCOCC2)nc1)c1cc(S(=O)(=O)N2CCCC2)c[nH]1. The number of ether oxygens (including phenoxy) is 1. The van der Waals surface area contributed by atoms with Crippen LogP contribution in [0.2, 0.25) is 0 Å². The fraction of sp³-hybridized carbons (Fsp3) is 0.444. The first-order valence-corrected chi connectivity index (χ1v) is 10.8. The molecule has 2 aliphatic heterocycles. The largest absolute Gasteiger partial charge is 0.378 e. The molecule has 0 bridgehead atoms. The van der Waals surface area contributed by atoms with Gasteiger partial charge >= 0.3 is 0 Å². The van der Waals surface area contributed by atoms with Gasteiger partial charge in [-0.1, -0.05) is 0 Å². The first-order valence-electron chi connectivity index (χ1n) is 9.33. The van der Waals surface area contributed by atoms with Crippen LogP contribution in [0.1, 0.15) is 23.3 Å². The van der Waals surface area contributed by atoms with E-state index in [1.54, 1.807) is 12.3 Å². The van der Waals surface area contributed by atoms with E-state index in [0.29, 0.717) is 32.0 Å². The lowest BCUT2D eigenvalue weighted by molar-refractivity contribution is 0.102. The fourth-order valence-electron chi connectivity index (χ4n) is 3.37. The standard InChI is InChI=1S/C18H23N5O4S/c24-18(16-11-15(13-19-16)28(25,26)23-5-1-2-6-23)21-14-3-4-17(20-12-14)22-7-9-27-10-8-22/h3-4,11-13,19H,1-2,5-10H2,(H,21,24). The van der Waals surface area contributed by atoms with Gasteiger partial charge in [0, 0.05) is 32.4 Å². The van der Waals surface area contributed by atoms with Gasteiger partial charge in [-0.2, -0.15) is 4.31 Å². The van der Waals surface area contributed by atoms with Gasteiger partial charge in [-0.25, -0.2) is 13.4 Å². The highest BCUT2D eigenvalue weighted by molar-refractivity contribution is 7.89. The summed E-state index contributed by atoms with van der Waals surface area (Å²) in [6.07, 6.45) is 4.69. The van der Waals surface area contributed by atoms with Gasteiger partial charge in [-0.05, 0) is 31.0 Å². The molecule has 2 aromatic rings. The smallest absolute Gasteiger partial charge is 0.272 e. The summed E-state index contributed by atoms with van der Waals surface area (Å²) in [5, 5.41) is 2.74. The normalized spacial score (nSPS) is 18.4. The number of nitrogens with one attached hydrogen (secondary N) is 2. The molecule has 2 saturated heterocycles. The van der Waals surface area contributed by atoms with Gasteiger partial charge in [0.1, 0.15) is 16.4 Å². The lowest BCUT2D eigenvalue weighted by atomic mass is 10.3. The number of aromatic nitrogens is 2. The topological polar surface area (TPSA) is 108 Å². The molecule has 2 aliphatic rings. The van der Waals surface area contributed by atoms with Gasteiger partial charge in [0.25, 0.3) is 5.91 Å². The highest BCUT2D eigenvalue weighted by Gasteiger charge is 2.28. The van der Waals surface area contributed by atoms with Gasteiger partial charge in [0.05, 0.1) is 25.1 Å². The van der Waals surface area contributed by atoms with Crippen LogP contribution < -0.4 is 10.2 Å². The van der Waals surface area contributed by atoms with E-state index in [1.807, 2.05) is 6.07 Å². The van der Waals surface area contributed by atoms with Crippen LogP contribution in [-0.4, -0.2) is 68.0 Å². The molecular weight excluding hydrogens is 382 g/mol. The molecule has 0 unspecified atom stereocenters. The summed E-state index contributed by atoms with van der Waals surface area (Å²) >= 11 is 0. The lowest BCUT2D eigenvalue weighted by Crippen LogP contribution is -2.36. The molecule has 0 aliphatic carbocycles. The third-order valence-electron chi connectivity index (χ3n) is 4.94. The van der Waals surface area contributed by atoms with Crippen LogP contribution in [0.25, 0.3) is 0 Å². The Balaban J connectivity index is 1.42. The third-order valence-corrected chi connectivity index (χ3v) is 6.82. The zero-order valence-corrected chi connectivity index (χ0v) is 16.2. The molecule has 4 heterocycles. The first-order chi connectivity index (χ1) is 13.5. The fourth-order valence-corrected chi connectivity index (χ4v) is 4.88. The number of hydrogen-bond acceptors (Lipinski definition) is 6. The van der Waals surface area contributed by atoms with E-state index in [9.17, 15) is 13.2 Å². The number of H-pyrrole nitrogens is 1. The van der Waals surface area contributed by atoms with Crippen molar-refractivity contribution in [1.29, 1.82) is 0 Å². The van der Waals surface area contributed by atoms with E-state index < -0.39 is 15.9 Å². The van der Waals surface area contributed by atoms with E-state index in [4.69, 9.17) is 4.74 Å². The van der Waals surface area contributed by atoms with Crippen molar-refractivity contribution in [3.05, 3.63) is 36.3 Å². The Hall–Kier alpha value is -2.43. The van der Waals surface area contributed by atoms with Gasteiger partial charge < -0.3 is 19.9 Å². The Kier molecular flexibility index (Phi) is 5.33. The number of nitrogens with zero attached hydrogens (tertiary/aromatic N) is 3. The average Bonchev–Trinajstić information content (AvgIpc) is 3.42. The highest BCUT2D eigenvalue weighted by Crippen LogP contribution is 2.22. The minimum Gasteiger partial charge on any atom is -0.378 e. The summed E-state index contributed by atoms with van der Waals surface area (Å²) in [5.41, 5.74) is 0.732. The van der Waals surface area contributed by atoms with Crippen LogP contribution in [0.3, 0.4) is 0 Å². The first kappa shape index (κ1) is 18.9. The Morgan fingerprint density at radius 2 is 1.89 bits per heavy atom. The number of pyridine rings is 1. The Morgan fingerprint density at radius 1 is 1.14 bits per heavy atom. The van der Waals surface area contributed by atoms with Crippen molar-refractivity contribution >= 4 is 27.4 Å². The number of carbonyl (C=O) groups is 1. The second-order valence-corrected chi connectivity index (χ2v) is 8.76. The minimum atomic E-state index is -3.55. The van der Waals surface area contributed by atoms with Crippen molar-refractivity contribution in [2.24, 2.45) is 0 Å². The maximum atomic E-state index is 12.6. The maximum Gasteiger partial charge on any atom is 0.272 e. The van der Waals surface area contributed by atoms with Gasteiger partial charge in [0.2, 0.25) is 10.0 Å². The van der Waals surface area contributed by atoms with Crippen LogP contribution in [-0.2, 0) is 14.8 Å². The van der Waals surface area contributed by atoms with E-state index in [1.165, 1.54) is 16.6 Å². The number of sulfonamides is 1. The second-order valence-electron chi connectivity index (χ2n) is 6.82. The quantitative estimate of drug-likeness (QED) is 0.776. The summed E-state index contributed by atoms with van der Waals surface area (Å²) < 4.78 is 31.9. The summed E-state index contributed by atoms with van der Waals surface area (Å²) in [4.78, 5) is 21.8. The molecule has 28 heavy (non-hydrogen) atoms. The molecule has 10 heteroatoms. The highest BCUT2D eigenvalue weighted by atomic mass is 32.2. The number of carbonyl (C=O) groups excluding carboxylic acids is 1. The van der Waals surface area contributed by atoms with Crippen molar-refractivity contribution in [1.82, 2.24) is 14.3 Å². The van der Waals surface area contributed by atoms with Crippen molar-refractivity contribution < 1.29 is 17.9 Å². The van der Waals surface area contributed by atoms with Crippen LogP contribution in [0.15, 0.2) is 35.5 Å². The van der Waals surface area contributed by atoms with E-state index in [0.717, 1.165) is 31.7 Å². The summed E-state index contributed by atoms with van der Waals surface area (Å²) in [6.45, 7) is 3.97.